The molecule has 0 saturated carbocycles. The first-order chi connectivity index (χ1) is 14.6. The molecule has 4 rings (SSSR count). The lowest BCUT2D eigenvalue weighted by molar-refractivity contribution is -0.139. The largest absolute Gasteiger partial charge is 0.484 e. The molecule has 1 fully saturated rings. The van der Waals surface area contributed by atoms with Crippen LogP contribution in [0.15, 0.2) is 52.1 Å². The van der Waals surface area contributed by atoms with Gasteiger partial charge in [-0.15, -0.1) is 0 Å². The van der Waals surface area contributed by atoms with E-state index in [0.29, 0.717) is 23.6 Å². The van der Waals surface area contributed by atoms with Crippen molar-refractivity contribution in [2.45, 2.75) is 32.7 Å². The molecule has 1 aromatic rings. The highest BCUT2D eigenvalue weighted by atomic mass is 32.2. The molecule has 0 aromatic heterocycles. The Hall–Kier alpha value is -2.74. The molecule has 0 N–H and O–H groups in total. The average molecular weight is 428 g/mol. The van der Waals surface area contributed by atoms with Crippen molar-refractivity contribution in [1.82, 2.24) is 9.80 Å². The number of carbonyl (C=O) groups excluding carboxylic acids is 2. The number of likely N-dealkylation sites (tertiary alicyclic amines) is 1. The van der Waals surface area contributed by atoms with Crippen LogP contribution >= 0.6 is 11.8 Å². The van der Waals surface area contributed by atoms with E-state index >= 15 is 0 Å². The van der Waals surface area contributed by atoms with Crippen LogP contribution in [0, 0.1) is 0 Å². The molecule has 1 atom stereocenters. The van der Waals surface area contributed by atoms with Crippen molar-refractivity contribution in [3.63, 3.8) is 0 Å². The van der Waals surface area contributed by atoms with Gasteiger partial charge in [0.1, 0.15) is 5.75 Å². The third-order valence-corrected chi connectivity index (χ3v) is 6.08. The number of ether oxygens (including phenoxy) is 2. The van der Waals surface area contributed by atoms with Gasteiger partial charge in [0.15, 0.2) is 11.8 Å². The molecule has 3 heterocycles. The fourth-order valence-corrected chi connectivity index (χ4v) is 4.67. The molecule has 0 unspecified atom stereocenters. The molecule has 0 aliphatic carbocycles. The maximum atomic E-state index is 12.7. The summed E-state index contributed by atoms with van der Waals surface area (Å²) in [6.45, 7) is 5.54. The molecule has 7 nitrogen and oxygen atoms in total. The number of fused-ring (bicyclic) bond motifs is 1. The van der Waals surface area contributed by atoms with E-state index in [1.807, 2.05) is 52.6 Å². The SMILES string of the molecule is CCOC(=O)C1=C(C)N=C2SC=CN2[C@@H]1c1cccc(OCC(=O)N2CCCC2)c1. The van der Waals surface area contributed by atoms with Crippen molar-refractivity contribution < 1.29 is 19.1 Å². The minimum atomic E-state index is -0.372. The quantitative estimate of drug-likeness (QED) is 0.648. The minimum absolute atomic E-state index is 0.00631. The average Bonchev–Trinajstić information content (AvgIpc) is 3.43. The zero-order valence-electron chi connectivity index (χ0n) is 17.2. The minimum Gasteiger partial charge on any atom is -0.484 e. The van der Waals surface area contributed by atoms with Crippen LogP contribution in [-0.4, -0.2) is 53.1 Å². The van der Waals surface area contributed by atoms with Crippen molar-refractivity contribution in [2.75, 3.05) is 26.3 Å². The van der Waals surface area contributed by atoms with Crippen LogP contribution in [0.2, 0.25) is 0 Å². The Labute approximate surface area is 180 Å². The van der Waals surface area contributed by atoms with Crippen LogP contribution in [0.3, 0.4) is 0 Å². The molecule has 0 bridgehead atoms. The second kappa shape index (κ2) is 8.95. The highest BCUT2D eigenvalue weighted by molar-refractivity contribution is 8.16. The summed E-state index contributed by atoms with van der Waals surface area (Å²) < 4.78 is 11.1. The van der Waals surface area contributed by atoms with Gasteiger partial charge < -0.3 is 19.3 Å². The van der Waals surface area contributed by atoms with Gasteiger partial charge in [-0.2, -0.15) is 0 Å². The first-order valence-electron chi connectivity index (χ1n) is 10.2. The van der Waals surface area contributed by atoms with E-state index in [0.717, 1.165) is 36.7 Å². The number of hydrogen-bond acceptors (Lipinski definition) is 7. The molecule has 8 heteroatoms. The van der Waals surface area contributed by atoms with Crippen molar-refractivity contribution >= 4 is 28.8 Å². The summed E-state index contributed by atoms with van der Waals surface area (Å²) in [5.41, 5.74) is 2.04. The van der Waals surface area contributed by atoms with Gasteiger partial charge in [-0.25, -0.2) is 9.79 Å². The Morgan fingerprint density at radius 1 is 1.27 bits per heavy atom. The molecular formula is C22H25N3O4S. The van der Waals surface area contributed by atoms with E-state index in [9.17, 15) is 9.59 Å². The maximum absolute atomic E-state index is 12.7. The molecule has 0 spiro atoms. The van der Waals surface area contributed by atoms with Crippen LogP contribution in [-0.2, 0) is 14.3 Å². The summed E-state index contributed by atoms with van der Waals surface area (Å²) in [6, 6.07) is 7.18. The van der Waals surface area contributed by atoms with E-state index in [-0.39, 0.29) is 24.5 Å². The Kier molecular flexibility index (Phi) is 6.13. The molecule has 3 aliphatic heterocycles. The predicted molar refractivity (Wildman–Crippen MR) is 116 cm³/mol. The number of hydrogen-bond donors (Lipinski definition) is 0. The lowest BCUT2D eigenvalue weighted by Crippen LogP contribution is -2.34. The predicted octanol–water partition coefficient (Wildman–Crippen LogP) is 3.46. The van der Waals surface area contributed by atoms with E-state index in [4.69, 9.17) is 9.47 Å². The summed E-state index contributed by atoms with van der Waals surface area (Å²) >= 11 is 1.52. The second-order valence-electron chi connectivity index (χ2n) is 7.28. The lowest BCUT2D eigenvalue weighted by Gasteiger charge is -2.33. The number of nitrogens with zero attached hydrogens (tertiary/aromatic N) is 3. The lowest BCUT2D eigenvalue weighted by atomic mass is 9.94. The number of allylic oxidation sites excluding steroid dienone is 1. The molecule has 3 aliphatic rings. The Morgan fingerprint density at radius 2 is 2.07 bits per heavy atom. The topological polar surface area (TPSA) is 71.4 Å². The zero-order valence-corrected chi connectivity index (χ0v) is 18.0. The summed E-state index contributed by atoms with van der Waals surface area (Å²) in [5.74, 6) is 0.233. The van der Waals surface area contributed by atoms with E-state index < -0.39 is 0 Å². The number of benzene rings is 1. The molecule has 30 heavy (non-hydrogen) atoms. The summed E-state index contributed by atoms with van der Waals surface area (Å²) in [7, 11) is 0. The Morgan fingerprint density at radius 3 is 2.83 bits per heavy atom. The van der Waals surface area contributed by atoms with E-state index in [1.54, 1.807) is 6.92 Å². The fourth-order valence-electron chi connectivity index (χ4n) is 3.88. The number of esters is 1. The summed E-state index contributed by atoms with van der Waals surface area (Å²) in [4.78, 5) is 33.4. The standard InChI is InChI=1S/C22H25N3O4S/c1-3-28-21(27)19-15(2)23-22-25(11-12-30-22)20(19)16-7-6-8-17(13-16)29-14-18(26)24-9-4-5-10-24/h6-8,11-13,20H,3-5,9-10,14H2,1-2H3/t20-/m1/s1. The second-order valence-corrected chi connectivity index (χ2v) is 8.15. The fraction of sp³-hybridized carbons (Fsp3) is 0.409. The summed E-state index contributed by atoms with van der Waals surface area (Å²) in [6.07, 6.45) is 4.03. The number of amides is 1. The van der Waals surface area contributed by atoms with Crippen LogP contribution in [0.4, 0.5) is 0 Å². The van der Waals surface area contributed by atoms with Crippen molar-refractivity contribution in [3.05, 3.63) is 52.7 Å². The van der Waals surface area contributed by atoms with Gasteiger partial charge in [0, 0.05) is 19.3 Å². The highest BCUT2D eigenvalue weighted by Crippen LogP contribution is 2.41. The van der Waals surface area contributed by atoms with Gasteiger partial charge in [0.2, 0.25) is 0 Å². The molecule has 0 radical (unpaired) electrons. The van der Waals surface area contributed by atoms with Crippen LogP contribution in [0.25, 0.3) is 0 Å². The van der Waals surface area contributed by atoms with E-state index in [1.165, 1.54) is 11.8 Å². The first-order valence-corrected chi connectivity index (χ1v) is 11.0. The number of amidine groups is 1. The number of rotatable bonds is 6. The molecule has 1 saturated heterocycles. The molecule has 158 valence electrons. The van der Waals surface area contributed by atoms with Gasteiger partial charge in [-0.05, 0) is 49.8 Å². The first kappa shape index (κ1) is 20.5. The highest BCUT2D eigenvalue weighted by Gasteiger charge is 2.37. The number of carbonyl (C=O) groups is 2. The van der Waals surface area contributed by atoms with Gasteiger partial charge in [0.25, 0.3) is 5.91 Å². The van der Waals surface area contributed by atoms with Gasteiger partial charge in [-0.1, -0.05) is 23.9 Å². The third kappa shape index (κ3) is 4.09. The normalized spacial score (nSPS) is 20.3. The van der Waals surface area contributed by atoms with Gasteiger partial charge in [-0.3, -0.25) is 4.79 Å². The van der Waals surface area contributed by atoms with Crippen LogP contribution in [0.1, 0.15) is 38.3 Å². The number of aliphatic imine (C=N–C) groups is 1. The summed E-state index contributed by atoms with van der Waals surface area (Å²) in [5, 5.41) is 2.77. The third-order valence-electron chi connectivity index (χ3n) is 5.31. The zero-order chi connectivity index (χ0) is 21.1. The molecular weight excluding hydrogens is 402 g/mol. The van der Waals surface area contributed by atoms with Crippen molar-refractivity contribution in [1.29, 1.82) is 0 Å². The number of thioether (sulfide) groups is 1. The molecule has 1 amide bonds. The smallest absolute Gasteiger partial charge is 0.338 e. The van der Waals surface area contributed by atoms with Crippen molar-refractivity contribution in [3.8, 4) is 5.75 Å². The van der Waals surface area contributed by atoms with Gasteiger partial charge in [0.05, 0.1) is 23.9 Å². The van der Waals surface area contributed by atoms with Gasteiger partial charge >= 0.3 is 5.97 Å². The van der Waals surface area contributed by atoms with Crippen LogP contribution < -0.4 is 4.74 Å². The van der Waals surface area contributed by atoms with E-state index in [2.05, 4.69) is 4.99 Å². The maximum Gasteiger partial charge on any atom is 0.338 e. The monoisotopic (exact) mass is 427 g/mol. The Balaban J connectivity index is 1.58. The Bertz CT molecular complexity index is 934. The molecule has 1 aromatic carbocycles. The van der Waals surface area contributed by atoms with Crippen LogP contribution in [0.5, 0.6) is 5.75 Å². The van der Waals surface area contributed by atoms with Crippen molar-refractivity contribution in [2.24, 2.45) is 4.99 Å².